The van der Waals surface area contributed by atoms with Crippen LogP contribution in [0, 0.1) is 5.82 Å². The number of halogens is 1. The van der Waals surface area contributed by atoms with E-state index in [0.717, 1.165) is 22.0 Å². The van der Waals surface area contributed by atoms with Crippen molar-refractivity contribution in [3.63, 3.8) is 0 Å². The molecule has 4 aromatic rings. The Morgan fingerprint density at radius 1 is 0.897 bits per heavy atom. The fourth-order valence-electron chi connectivity index (χ4n) is 3.00. The van der Waals surface area contributed by atoms with Crippen molar-refractivity contribution >= 4 is 29.0 Å². The first kappa shape index (κ1) is 18.6. The first-order valence-electron chi connectivity index (χ1n) is 9.23. The van der Waals surface area contributed by atoms with E-state index in [4.69, 9.17) is 4.74 Å². The minimum Gasteiger partial charge on any atom is -0.457 e. The highest BCUT2D eigenvalue weighted by Gasteiger charge is 2.14. The van der Waals surface area contributed by atoms with Crippen LogP contribution in [-0.4, -0.2) is 11.0 Å². The molecule has 142 valence electrons. The third kappa shape index (κ3) is 4.55. The predicted octanol–water partition coefficient (Wildman–Crippen LogP) is 5.90. The molecule has 0 aliphatic heterocycles. The molecule has 0 saturated heterocycles. The van der Waals surface area contributed by atoms with Gasteiger partial charge in [-0.15, -0.1) is 0 Å². The quantitative estimate of drug-likeness (QED) is 0.403. The molecule has 3 aromatic carbocycles. The minimum absolute atomic E-state index is 0.0744. The largest absolute Gasteiger partial charge is 0.457 e. The van der Waals surface area contributed by atoms with Gasteiger partial charge in [0.05, 0.1) is 16.8 Å². The summed E-state index contributed by atoms with van der Waals surface area (Å²) in [6.07, 6.45) is 3.82. The van der Waals surface area contributed by atoms with Gasteiger partial charge in [0, 0.05) is 5.39 Å². The van der Waals surface area contributed by atoms with E-state index < -0.39 is 5.97 Å². The highest BCUT2D eigenvalue weighted by atomic mass is 19.1. The van der Waals surface area contributed by atoms with Crippen molar-refractivity contribution in [3.8, 4) is 0 Å². The van der Waals surface area contributed by atoms with Gasteiger partial charge in [-0.3, -0.25) is 0 Å². The monoisotopic (exact) mass is 383 g/mol. The number of benzene rings is 3. The molecule has 29 heavy (non-hydrogen) atoms. The topological polar surface area (TPSA) is 39.2 Å². The lowest BCUT2D eigenvalue weighted by Gasteiger charge is -2.09. The summed E-state index contributed by atoms with van der Waals surface area (Å²) >= 11 is 0. The van der Waals surface area contributed by atoms with Crippen LogP contribution in [0.2, 0.25) is 0 Å². The number of esters is 1. The molecule has 0 aliphatic carbocycles. The molecule has 0 radical (unpaired) electrons. The smallest absolute Gasteiger partial charge is 0.339 e. The molecule has 0 amide bonds. The van der Waals surface area contributed by atoms with Gasteiger partial charge in [-0.25, -0.2) is 14.2 Å². The maximum Gasteiger partial charge on any atom is 0.339 e. The molecule has 0 N–H and O–H groups in total. The Balaban J connectivity index is 1.62. The lowest BCUT2D eigenvalue weighted by Crippen LogP contribution is -2.07. The summed E-state index contributed by atoms with van der Waals surface area (Å²) in [4.78, 5) is 17.4. The van der Waals surface area contributed by atoms with Gasteiger partial charge in [0.15, 0.2) is 0 Å². The van der Waals surface area contributed by atoms with Gasteiger partial charge in [0.2, 0.25) is 0 Å². The van der Waals surface area contributed by atoms with E-state index in [1.807, 2.05) is 66.7 Å². The van der Waals surface area contributed by atoms with Crippen molar-refractivity contribution in [2.75, 3.05) is 0 Å². The second kappa shape index (κ2) is 8.48. The van der Waals surface area contributed by atoms with Crippen molar-refractivity contribution in [1.29, 1.82) is 0 Å². The fourth-order valence-corrected chi connectivity index (χ4v) is 3.00. The van der Waals surface area contributed by atoms with Gasteiger partial charge in [-0.05, 0) is 41.5 Å². The van der Waals surface area contributed by atoms with Crippen LogP contribution in [0.3, 0.4) is 0 Å². The number of hydrogen-bond acceptors (Lipinski definition) is 3. The SMILES string of the molecule is O=C(OCc1ccc(F)cc1)c1cc(C=Cc2ccccc2)nc2ccccc12. The number of fused-ring (bicyclic) bond motifs is 1. The van der Waals surface area contributed by atoms with E-state index in [-0.39, 0.29) is 12.4 Å². The van der Waals surface area contributed by atoms with Crippen LogP contribution in [0.15, 0.2) is 84.9 Å². The molecule has 1 heterocycles. The lowest BCUT2D eigenvalue weighted by molar-refractivity contribution is 0.0475. The number of para-hydroxylation sites is 1. The minimum atomic E-state index is -0.442. The maximum absolute atomic E-state index is 13.0. The highest BCUT2D eigenvalue weighted by molar-refractivity contribution is 6.04. The van der Waals surface area contributed by atoms with Crippen molar-refractivity contribution in [2.24, 2.45) is 0 Å². The number of rotatable bonds is 5. The van der Waals surface area contributed by atoms with Gasteiger partial charge in [0.1, 0.15) is 12.4 Å². The lowest BCUT2D eigenvalue weighted by atomic mass is 10.1. The predicted molar refractivity (Wildman–Crippen MR) is 113 cm³/mol. The number of carbonyl (C=O) groups is 1. The number of pyridine rings is 1. The molecule has 0 atom stereocenters. The summed E-state index contributed by atoms with van der Waals surface area (Å²) in [6, 6.07) is 25.0. The van der Waals surface area contributed by atoms with Gasteiger partial charge in [-0.1, -0.05) is 66.7 Å². The van der Waals surface area contributed by atoms with Crippen LogP contribution in [0.5, 0.6) is 0 Å². The first-order chi connectivity index (χ1) is 14.2. The number of hydrogen-bond donors (Lipinski definition) is 0. The zero-order chi connectivity index (χ0) is 20.1. The Morgan fingerprint density at radius 3 is 2.41 bits per heavy atom. The number of aromatic nitrogens is 1. The van der Waals surface area contributed by atoms with Crippen LogP contribution < -0.4 is 0 Å². The molecule has 0 bridgehead atoms. The maximum atomic E-state index is 13.0. The van der Waals surface area contributed by atoms with Crippen molar-refractivity contribution in [3.05, 3.63) is 113 Å². The molecule has 0 saturated carbocycles. The summed E-state index contributed by atoms with van der Waals surface area (Å²) in [5, 5.41) is 0.730. The average Bonchev–Trinajstić information content (AvgIpc) is 2.77. The van der Waals surface area contributed by atoms with E-state index in [1.165, 1.54) is 12.1 Å². The van der Waals surface area contributed by atoms with E-state index >= 15 is 0 Å². The Kier molecular flexibility index (Phi) is 5.43. The molecule has 4 rings (SSSR count). The second-order valence-electron chi connectivity index (χ2n) is 6.56. The molecule has 0 aliphatic rings. The second-order valence-corrected chi connectivity index (χ2v) is 6.56. The zero-order valence-corrected chi connectivity index (χ0v) is 15.6. The number of ether oxygens (including phenoxy) is 1. The van der Waals surface area contributed by atoms with Crippen LogP contribution >= 0.6 is 0 Å². The third-order valence-electron chi connectivity index (χ3n) is 4.49. The zero-order valence-electron chi connectivity index (χ0n) is 15.6. The van der Waals surface area contributed by atoms with Crippen molar-refractivity contribution < 1.29 is 13.9 Å². The molecular formula is C25H18FNO2. The van der Waals surface area contributed by atoms with E-state index in [1.54, 1.807) is 18.2 Å². The summed E-state index contributed by atoms with van der Waals surface area (Å²) in [5.74, 6) is -0.766. The Bertz CT molecular complexity index is 1170. The molecule has 0 spiro atoms. The van der Waals surface area contributed by atoms with Crippen LogP contribution in [-0.2, 0) is 11.3 Å². The third-order valence-corrected chi connectivity index (χ3v) is 4.49. The number of carbonyl (C=O) groups excluding carboxylic acids is 1. The highest BCUT2D eigenvalue weighted by Crippen LogP contribution is 2.21. The molecule has 1 aromatic heterocycles. The van der Waals surface area contributed by atoms with Gasteiger partial charge >= 0.3 is 5.97 Å². The standard InChI is InChI=1S/C25H18FNO2/c26-20-13-10-19(11-14-20)17-29-25(28)23-16-21(15-12-18-6-2-1-3-7-18)27-24-9-5-4-8-22(23)24/h1-16H,17H2. The van der Waals surface area contributed by atoms with Gasteiger partial charge in [0.25, 0.3) is 0 Å². The average molecular weight is 383 g/mol. The Morgan fingerprint density at radius 2 is 1.62 bits per heavy atom. The Hall–Kier alpha value is -3.79. The molecule has 4 heteroatoms. The summed E-state index contributed by atoms with van der Waals surface area (Å²) in [5.41, 5.74) is 3.60. The van der Waals surface area contributed by atoms with Crippen LogP contribution in [0.4, 0.5) is 4.39 Å². The van der Waals surface area contributed by atoms with E-state index in [0.29, 0.717) is 11.3 Å². The normalized spacial score (nSPS) is 11.1. The van der Waals surface area contributed by atoms with Crippen molar-refractivity contribution in [1.82, 2.24) is 4.98 Å². The van der Waals surface area contributed by atoms with E-state index in [9.17, 15) is 9.18 Å². The van der Waals surface area contributed by atoms with Gasteiger partial charge < -0.3 is 4.74 Å². The first-order valence-corrected chi connectivity index (χ1v) is 9.23. The molecule has 3 nitrogen and oxygen atoms in total. The summed E-state index contributed by atoms with van der Waals surface area (Å²) in [6.45, 7) is 0.0744. The number of nitrogens with zero attached hydrogens (tertiary/aromatic N) is 1. The van der Waals surface area contributed by atoms with Crippen molar-refractivity contribution in [2.45, 2.75) is 6.61 Å². The van der Waals surface area contributed by atoms with Gasteiger partial charge in [-0.2, -0.15) is 0 Å². The van der Waals surface area contributed by atoms with E-state index in [2.05, 4.69) is 4.98 Å². The molecule has 0 unspecified atom stereocenters. The fraction of sp³-hybridized carbons (Fsp3) is 0.0400. The summed E-state index contributed by atoms with van der Waals surface area (Å²) in [7, 11) is 0. The Labute approximate surface area is 168 Å². The summed E-state index contributed by atoms with van der Waals surface area (Å²) < 4.78 is 18.5. The van der Waals surface area contributed by atoms with Crippen LogP contribution in [0.25, 0.3) is 23.1 Å². The molecular weight excluding hydrogens is 365 g/mol. The molecule has 0 fully saturated rings. The van der Waals surface area contributed by atoms with Crippen LogP contribution in [0.1, 0.15) is 27.2 Å².